The Balaban J connectivity index is 3.03. The molecular formula is C12H12ClNO4. The van der Waals surface area contributed by atoms with Crippen molar-refractivity contribution in [3.63, 3.8) is 0 Å². The van der Waals surface area contributed by atoms with Gasteiger partial charge in [0.25, 0.3) is 0 Å². The Morgan fingerprint density at radius 3 is 2.78 bits per heavy atom. The summed E-state index contributed by atoms with van der Waals surface area (Å²) in [7, 11) is 0. The third-order valence-corrected chi connectivity index (χ3v) is 2.30. The number of aromatic carboxylic acids is 1. The van der Waals surface area contributed by atoms with Gasteiger partial charge >= 0.3 is 12.1 Å². The lowest BCUT2D eigenvalue weighted by Crippen LogP contribution is -2.16. The van der Waals surface area contributed by atoms with Gasteiger partial charge in [-0.3, -0.25) is 5.32 Å². The molecule has 6 heteroatoms. The van der Waals surface area contributed by atoms with Gasteiger partial charge < -0.3 is 9.84 Å². The molecule has 0 unspecified atom stereocenters. The summed E-state index contributed by atoms with van der Waals surface area (Å²) in [5.74, 6) is -1.15. The fourth-order valence-electron chi connectivity index (χ4n) is 1.41. The minimum atomic E-state index is -1.15. The Labute approximate surface area is 109 Å². The molecule has 0 aliphatic rings. The van der Waals surface area contributed by atoms with Crippen LogP contribution in [0.15, 0.2) is 24.8 Å². The minimum absolute atomic E-state index is 0.0186. The van der Waals surface area contributed by atoms with Crippen molar-refractivity contribution in [2.45, 2.75) is 6.92 Å². The first-order valence-electron chi connectivity index (χ1n) is 5.03. The van der Waals surface area contributed by atoms with Gasteiger partial charge in [-0.15, -0.1) is 0 Å². The van der Waals surface area contributed by atoms with E-state index in [0.29, 0.717) is 10.6 Å². The van der Waals surface area contributed by atoms with E-state index in [1.54, 1.807) is 6.92 Å². The molecule has 0 radical (unpaired) electrons. The molecule has 0 heterocycles. The standard InChI is InChI=1S/C12H12ClNO4/c1-3-4-18-12(17)14-9-6-8(13)5-7(2)10(9)11(15)16/h3,5-6H,1,4H2,2H3,(H,14,17)(H,15,16). The lowest BCUT2D eigenvalue weighted by atomic mass is 10.1. The number of anilines is 1. The molecule has 0 fully saturated rings. The number of rotatable bonds is 4. The number of carbonyl (C=O) groups excluding carboxylic acids is 1. The van der Waals surface area contributed by atoms with Crippen LogP contribution in [0.4, 0.5) is 10.5 Å². The summed E-state index contributed by atoms with van der Waals surface area (Å²) < 4.78 is 4.71. The molecule has 96 valence electrons. The van der Waals surface area contributed by atoms with E-state index in [-0.39, 0.29) is 17.9 Å². The Morgan fingerprint density at radius 1 is 1.56 bits per heavy atom. The second-order valence-electron chi connectivity index (χ2n) is 3.46. The molecule has 0 aliphatic heterocycles. The number of amides is 1. The van der Waals surface area contributed by atoms with Crippen molar-refractivity contribution in [1.29, 1.82) is 0 Å². The van der Waals surface area contributed by atoms with Gasteiger partial charge in [0.2, 0.25) is 0 Å². The maximum absolute atomic E-state index is 11.4. The molecule has 5 nitrogen and oxygen atoms in total. The zero-order chi connectivity index (χ0) is 13.7. The molecule has 0 saturated heterocycles. The Bertz CT molecular complexity index is 499. The second kappa shape index (κ2) is 6.07. The third-order valence-electron chi connectivity index (χ3n) is 2.08. The molecule has 1 amide bonds. The number of aryl methyl sites for hydroxylation is 1. The Kier molecular flexibility index (Phi) is 4.74. The molecule has 0 aliphatic carbocycles. The highest BCUT2D eigenvalue weighted by molar-refractivity contribution is 6.31. The fourth-order valence-corrected chi connectivity index (χ4v) is 1.68. The zero-order valence-electron chi connectivity index (χ0n) is 9.70. The predicted octanol–water partition coefficient (Wildman–Crippen LogP) is 3.08. The van der Waals surface area contributed by atoms with Gasteiger partial charge in [0.15, 0.2) is 0 Å². The van der Waals surface area contributed by atoms with Crippen LogP contribution in [-0.2, 0) is 4.74 Å². The van der Waals surface area contributed by atoms with Crippen molar-refractivity contribution >= 4 is 29.4 Å². The number of nitrogens with one attached hydrogen (secondary N) is 1. The van der Waals surface area contributed by atoms with Crippen molar-refractivity contribution in [2.75, 3.05) is 11.9 Å². The summed E-state index contributed by atoms with van der Waals surface area (Å²) in [5.41, 5.74) is 0.533. The van der Waals surface area contributed by atoms with Gasteiger partial charge in [-0.1, -0.05) is 24.3 Å². The van der Waals surface area contributed by atoms with E-state index < -0.39 is 12.1 Å². The zero-order valence-corrected chi connectivity index (χ0v) is 10.5. The van der Waals surface area contributed by atoms with E-state index in [4.69, 9.17) is 21.4 Å². The maximum atomic E-state index is 11.4. The number of benzene rings is 1. The highest BCUT2D eigenvalue weighted by atomic mass is 35.5. The summed E-state index contributed by atoms with van der Waals surface area (Å²) >= 11 is 5.81. The molecule has 0 aromatic heterocycles. The van der Waals surface area contributed by atoms with Crippen LogP contribution in [0.5, 0.6) is 0 Å². The number of carboxylic acids is 1. The van der Waals surface area contributed by atoms with Crippen molar-refractivity contribution in [2.24, 2.45) is 0 Å². The van der Waals surface area contributed by atoms with Crippen LogP contribution in [0.3, 0.4) is 0 Å². The summed E-state index contributed by atoms with van der Waals surface area (Å²) in [4.78, 5) is 22.4. The van der Waals surface area contributed by atoms with Crippen molar-refractivity contribution in [3.05, 3.63) is 40.9 Å². The molecule has 0 saturated carbocycles. The quantitative estimate of drug-likeness (QED) is 0.824. The van der Waals surface area contributed by atoms with Crippen LogP contribution < -0.4 is 5.32 Å². The van der Waals surface area contributed by atoms with Crippen LogP contribution in [0.25, 0.3) is 0 Å². The Hall–Kier alpha value is -2.01. The summed E-state index contributed by atoms with van der Waals surface area (Å²) in [5, 5.41) is 11.7. The van der Waals surface area contributed by atoms with E-state index in [1.807, 2.05) is 0 Å². The fraction of sp³-hybridized carbons (Fsp3) is 0.167. The second-order valence-corrected chi connectivity index (χ2v) is 3.90. The predicted molar refractivity (Wildman–Crippen MR) is 68.3 cm³/mol. The average Bonchev–Trinajstić information content (AvgIpc) is 2.24. The summed E-state index contributed by atoms with van der Waals surface area (Å²) in [6.07, 6.45) is 0.639. The minimum Gasteiger partial charge on any atom is -0.478 e. The Morgan fingerprint density at radius 2 is 2.22 bits per heavy atom. The van der Waals surface area contributed by atoms with Gasteiger partial charge in [0.05, 0.1) is 11.3 Å². The van der Waals surface area contributed by atoms with Gasteiger partial charge in [-0.05, 0) is 24.6 Å². The van der Waals surface area contributed by atoms with Gasteiger partial charge in [-0.2, -0.15) is 0 Å². The summed E-state index contributed by atoms with van der Waals surface area (Å²) in [6.45, 7) is 5.02. The van der Waals surface area contributed by atoms with Gasteiger partial charge in [-0.25, -0.2) is 9.59 Å². The highest BCUT2D eigenvalue weighted by Gasteiger charge is 2.16. The topological polar surface area (TPSA) is 75.6 Å². The van der Waals surface area contributed by atoms with Crippen LogP contribution in [0.2, 0.25) is 5.02 Å². The molecule has 1 rings (SSSR count). The number of hydrogen-bond acceptors (Lipinski definition) is 3. The van der Waals surface area contributed by atoms with E-state index in [1.165, 1.54) is 18.2 Å². The largest absolute Gasteiger partial charge is 0.478 e. The number of hydrogen-bond donors (Lipinski definition) is 2. The van der Waals surface area contributed by atoms with Crippen molar-refractivity contribution in [1.82, 2.24) is 0 Å². The number of ether oxygens (including phenoxy) is 1. The van der Waals surface area contributed by atoms with Gasteiger partial charge in [0.1, 0.15) is 6.61 Å². The summed E-state index contributed by atoms with van der Waals surface area (Å²) in [6, 6.07) is 2.86. The van der Waals surface area contributed by atoms with Gasteiger partial charge in [0, 0.05) is 5.02 Å². The molecule has 0 bridgehead atoms. The van der Waals surface area contributed by atoms with Crippen molar-refractivity contribution in [3.8, 4) is 0 Å². The monoisotopic (exact) mass is 269 g/mol. The lowest BCUT2D eigenvalue weighted by Gasteiger charge is -2.11. The lowest BCUT2D eigenvalue weighted by molar-refractivity contribution is 0.0697. The molecule has 1 aromatic rings. The van der Waals surface area contributed by atoms with Crippen LogP contribution in [-0.4, -0.2) is 23.8 Å². The average molecular weight is 270 g/mol. The molecule has 1 aromatic carbocycles. The maximum Gasteiger partial charge on any atom is 0.411 e. The van der Waals surface area contributed by atoms with Crippen LogP contribution in [0, 0.1) is 6.92 Å². The van der Waals surface area contributed by atoms with E-state index in [2.05, 4.69) is 11.9 Å². The molecule has 2 N–H and O–H groups in total. The first kappa shape index (κ1) is 14.1. The number of halogens is 1. The molecular weight excluding hydrogens is 258 g/mol. The third kappa shape index (κ3) is 3.49. The molecule has 18 heavy (non-hydrogen) atoms. The van der Waals surface area contributed by atoms with Crippen molar-refractivity contribution < 1.29 is 19.4 Å². The van der Waals surface area contributed by atoms with Crippen LogP contribution >= 0.6 is 11.6 Å². The highest BCUT2D eigenvalue weighted by Crippen LogP contribution is 2.25. The first-order valence-corrected chi connectivity index (χ1v) is 5.41. The van der Waals surface area contributed by atoms with E-state index >= 15 is 0 Å². The molecule has 0 spiro atoms. The molecule has 0 atom stereocenters. The van der Waals surface area contributed by atoms with E-state index in [0.717, 1.165) is 0 Å². The first-order chi connectivity index (χ1) is 8.45. The number of carbonyl (C=O) groups is 2. The smallest absolute Gasteiger partial charge is 0.411 e. The van der Waals surface area contributed by atoms with E-state index in [9.17, 15) is 9.59 Å². The SMILES string of the molecule is C=CCOC(=O)Nc1cc(Cl)cc(C)c1C(=O)O. The number of carboxylic acid groups (broad SMARTS) is 1. The van der Waals surface area contributed by atoms with Crippen LogP contribution in [0.1, 0.15) is 15.9 Å². The normalized spacial score (nSPS) is 9.67.